The molecular weight excluding hydrogens is 516 g/mol. The number of halogens is 1. The van der Waals surface area contributed by atoms with Gasteiger partial charge in [-0.3, -0.25) is 4.90 Å². The normalized spacial score (nSPS) is 15.1. The van der Waals surface area contributed by atoms with Crippen molar-refractivity contribution in [1.29, 1.82) is 0 Å². The Hall–Kier alpha value is -2.88. The lowest BCUT2D eigenvalue weighted by Gasteiger charge is -2.35. The smallest absolute Gasteiger partial charge is 0.269 e. The fourth-order valence-corrected chi connectivity index (χ4v) is 6.73. The minimum Gasteiger partial charge on any atom is -0.497 e. The average Bonchev–Trinajstić information content (AvgIpc) is 3.23. The molecule has 0 unspecified atom stereocenters. The van der Waals surface area contributed by atoms with Crippen molar-refractivity contribution in [1.82, 2.24) is 13.9 Å². The van der Waals surface area contributed by atoms with Crippen LogP contribution in [0.15, 0.2) is 82.4 Å². The summed E-state index contributed by atoms with van der Waals surface area (Å²) in [5, 5.41) is 0.877. The third-order valence-electron chi connectivity index (χ3n) is 6.17. The van der Waals surface area contributed by atoms with E-state index in [4.69, 9.17) is 4.74 Å². The average molecular weight is 541 g/mol. The van der Waals surface area contributed by atoms with Crippen LogP contribution in [0.5, 0.6) is 5.75 Å². The third-order valence-corrected chi connectivity index (χ3v) is 8.86. The molecule has 2 aromatic heterocycles. The summed E-state index contributed by atoms with van der Waals surface area (Å²) < 4.78 is 34.6. The first kappa shape index (κ1) is 22.9. The minimum absolute atomic E-state index is 0.234. The number of benzene rings is 2. The number of hydrogen-bond acceptors (Lipinski definition) is 6. The molecule has 1 saturated heterocycles. The molecule has 0 atom stereocenters. The lowest BCUT2D eigenvalue weighted by Crippen LogP contribution is -2.46. The quantitative estimate of drug-likeness (QED) is 0.361. The number of methoxy groups -OCH3 is 1. The number of anilines is 1. The molecule has 7 nitrogen and oxygen atoms in total. The van der Waals surface area contributed by atoms with Crippen molar-refractivity contribution >= 4 is 42.7 Å². The number of pyridine rings is 1. The van der Waals surface area contributed by atoms with E-state index in [0.717, 1.165) is 42.9 Å². The molecule has 0 bridgehead atoms. The Bertz CT molecular complexity index is 1410. The largest absolute Gasteiger partial charge is 0.497 e. The van der Waals surface area contributed by atoms with Gasteiger partial charge in [-0.1, -0.05) is 18.2 Å². The number of nitrogens with zero attached hydrogens (tertiary/aromatic N) is 4. The lowest BCUT2D eigenvalue weighted by molar-refractivity contribution is 0.250. The van der Waals surface area contributed by atoms with Crippen LogP contribution in [0.25, 0.3) is 10.9 Å². The summed E-state index contributed by atoms with van der Waals surface area (Å²) in [5.41, 5.74) is 1.59. The molecule has 0 amide bonds. The molecule has 0 N–H and O–H groups in total. The van der Waals surface area contributed by atoms with E-state index in [1.165, 1.54) is 3.97 Å². The molecule has 1 fully saturated rings. The van der Waals surface area contributed by atoms with E-state index in [1.54, 1.807) is 43.6 Å². The van der Waals surface area contributed by atoms with Gasteiger partial charge in [0.05, 0.1) is 12.6 Å². The van der Waals surface area contributed by atoms with Gasteiger partial charge in [0.25, 0.3) is 10.0 Å². The predicted molar refractivity (Wildman–Crippen MR) is 137 cm³/mol. The van der Waals surface area contributed by atoms with Crippen molar-refractivity contribution in [2.75, 3.05) is 38.2 Å². The van der Waals surface area contributed by atoms with Crippen molar-refractivity contribution in [2.45, 2.75) is 11.4 Å². The highest BCUT2D eigenvalue weighted by Gasteiger charge is 2.25. The number of piperazine rings is 1. The number of rotatable bonds is 6. The Kier molecular flexibility index (Phi) is 6.33. The van der Waals surface area contributed by atoms with Crippen molar-refractivity contribution in [3.63, 3.8) is 0 Å². The number of aromatic nitrogens is 2. The van der Waals surface area contributed by atoms with Crippen molar-refractivity contribution in [3.8, 4) is 5.75 Å². The van der Waals surface area contributed by atoms with Crippen LogP contribution in [0.4, 0.5) is 5.82 Å². The molecule has 0 spiro atoms. The van der Waals surface area contributed by atoms with Gasteiger partial charge >= 0.3 is 0 Å². The zero-order chi connectivity index (χ0) is 23.7. The molecule has 1 aliphatic heterocycles. The summed E-state index contributed by atoms with van der Waals surface area (Å²) in [6, 6.07) is 18.4. The molecule has 0 saturated carbocycles. The summed E-state index contributed by atoms with van der Waals surface area (Å²) in [6.45, 7) is 4.12. The molecule has 9 heteroatoms. The van der Waals surface area contributed by atoms with Crippen molar-refractivity contribution in [3.05, 3.63) is 83.1 Å². The summed E-state index contributed by atoms with van der Waals surface area (Å²) in [6.07, 6.45) is 3.57. The van der Waals surface area contributed by atoms with E-state index in [0.29, 0.717) is 22.3 Å². The van der Waals surface area contributed by atoms with E-state index in [9.17, 15) is 8.42 Å². The Morgan fingerprint density at radius 1 is 1.00 bits per heavy atom. The highest BCUT2D eigenvalue weighted by molar-refractivity contribution is 9.10. The Labute approximate surface area is 207 Å². The molecule has 176 valence electrons. The second-order valence-electron chi connectivity index (χ2n) is 8.22. The standard InChI is InChI=1S/C25H25BrN4O3S/c1-33-20-9-10-23-21(16-20)19(18-30(23)34(31,32)24-7-3-2-6-22(24)26)17-28-12-14-29(15-13-28)25-8-4-5-11-27-25/h2-11,16,18H,12-15,17H2,1H3. The number of hydrogen-bond donors (Lipinski definition) is 0. The summed E-state index contributed by atoms with van der Waals surface area (Å²) in [4.78, 5) is 9.32. The van der Waals surface area contributed by atoms with Crippen LogP contribution in [-0.2, 0) is 16.6 Å². The van der Waals surface area contributed by atoms with E-state index in [2.05, 4.69) is 30.7 Å². The van der Waals surface area contributed by atoms with Crippen LogP contribution in [0.1, 0.15) is 5.56 Å². The van der Waals surface area contributed by atoms with Crippen LogP contribution in [0.3, 0.4) is 0 Å². The van der Waals surface area contributed by atoms with Gasteiger partial charge in [0.2, 0.25) is 0 Å². The summed E-state index contributed by atoms with van der Waals surface area (Å²) in [5.74, 6) is 1.69. The summed E-state index contributed by atoms with van der Waals surface area (Å²) >= 11 is 3.40. The molecule has 0 aliphatic carbocycles. The maximum Gasteiger partial charge on any atom is 0.269 e. The van der Waals surface area contributed by atoms with Crippen LogP contribution < -0.4 is 9.64 Å². The first-order chi connectivity index (χ1) is 16.5. The maximum absolute atomic E-state index is 13.6. The number of ether oxygens (including phenoxy) is 1. The Balaban J connectivity index is 1.47. The second-order valence-corrected chi connectivity index (χ2v) is 10.9. The maximum atomic E-state index is 13.6. The highest BCUT2D eigenvalue weighted by atomic mass is 79.9. The Morgan fingerprint density at radius 2 is 1.76 bits per heavy atom. The predicted octanol–water partition coefficient (Wildman–Crippen LogP) is 4.37. The molecule has 34 heavy (non-hydrogen) atoms. The van der Waals surface area contributed by atoms with Gasteiger partial charge in [-0.2, -0.15) is 0 Å². The van der Waals surface area contributed by atoms with E-state index < -0.39 is 10.0 Å². The SMILES string of the molecule is COc1ccc2c(c1)c(CN1CCN(c3ccccn3)CC1)cn2S(=O)(=O)c1ccccc1Br. The Morgan fingerprint density at radius 3 is 2.47 bits per heavy atom. The zero-order valence-electron chi connectivity index (χ0n) is 18.8. The first-order valence-corrected chi connectivity index (χ1v) is 13.3. The lowest BCUT2D eigenvalue weighted by atomic mass is 10.1. The molecule has 4 aromatic rings. The van der Waals surface area contributed by atoms with Crippen molar-refractivity contribution in [2.24, 2.45) is 0 Å². The van der Waals surface area contributed by atoms with Crippen LogP contribution >= 0.6 is 15.9 Å². The van der Waals surface area contributed by atoms with Crippen LogP contribution in [-0.4, -0.2) is 55.6 Å². The van der Waals surface area contributed by atoms with Gasteiger partial charge < -0.3 is 9.64 Å². The first-order valence-electron chi connectivity index (χ1n) is 11.0. The fraction of sp³-hybridized carbons (Fsp3) is 0.240. The molecule has 3 heterocycles. The molecule has 0 radical (unpaired) electrons. The van der Waals surface area contributed by atoms with E-state index in [1.807, 2.05) is 36.5 Å². The van der Waals surface area contributed by atoms with Gasteiger partial charge in [0.15, 0.2) is 0 Å². The zero-order valence-corrected chi connectivity index (χ0v) is 21.2. The van der Waals surface area contributed by atoms with Gasteiger partial charge in [-0.15, -0.1) is 0 Å². The molecular formula is C25H25BrN4O3S. The van der Waals surface area contributed by atoms with E-state index >= 15 is 0 Å². The van der Waals surface area contributed by atoms with Gasteiger partial charge in [-0.05, 0) is 64.0 Å². The van der Waals surface area contributed by atoms with Gasteiger partial charge in [-0.25, -0.2) is 17.4 Å². The van der Waals surface area contributed by atoms with Gasteiger partial charge in [0.1, 0.15) is 16.5 Å². The third kappa shape index (κ3) is 4.31. The highest BCUT2D eigenvalue weighted by Crippen LogP contribution is 2.32. The number of fused-ring (bicyclic) bond motifs is 1. The van der Waals surface area contributed by atoms with Crippen LogP contribution in [0, 0.1) is 0 Å². The summed E-state index contributed by atoms with van der Waals surface area (Å²) in [7, 11) is -2.17. The monoisotopic (exact) mass is 540 g/mol. The molecule has 5 rings (SSSR count). The molecule has 1 aliphatic rings. The minimum atomic E-state index is -3.79. The van der Waals surface area contributed by atoms with Crippen LogP contribution in [0.2, 0.25) is 0 Å². The molecule has 2 aromatic carbocycles. The van der Waals surface area contributed by atoms with Crippen molar-refractivity contribution < 1.29 is 13.2 Å². The van der Waals surface area contributed by atoms with Gasteiger partial charge in [0, 0.05) is 55.0 Å². The fourth-order valence-electron chi connectivity index (χ4n) is 4.37. The second kappa shape index (κ2) is 9.40. The van der Waals surface area contributed by atoms with E-state index in [-0.39, 0.29) is 4.90 Å². The topological polar surface area (TPSA) is 67.7 Å².